The molecule has 1 aromatic rings. The van der Waals surface area contributed by atoms with Crippen molar-refractivity contribution in [3.05, 3.63) is 44.9 Å². The number of aliphatic hydroxyl groups excluding tert-OH is 1. The lowest BCUT2D eigenvalue weighted by Gasteiger charge is -2.43. The van der Waals surface area contributed by atoms with Gasteiger partial charge in [0.25, 0.3) is 0 Å². The highest BCUT2D eigenvalue weighted by Gasteiger charge is 2.54. The number of aliphatic carboxylic acids is 1. The van der Waals surface area contributed by atoms with Crippen LogP contribution in [-0.4, -0.2) is 39.6 Å². The van der Waals surface area contributed by atoms with Gasteiger partial charge in [-0.2, -0.15) is 0 Å². The SMILES string of the molecule is O=C(O)C1=C(SCc2ccc(Br)cc2)C[C@@H]2[C@H](CCO)C(=O)N12. The zero-order valence-corrected chi connectivity index (χ0v) is 14.6. The van der Waals surface area contributed by atoms with E-state index in [2.05, 4.69) is 15.9 Å². The van der Waals surface area contributed by atoms with Gasteiger partial charge in [-0.25, -0.2) is 4.79 Å². The van der Waals surface area contributed by atoms with Gasteiger partial charge >= 0.3 is 5.97 Å². The number of carboxylic acid groups (broad SMARTS) is 1. The second-order valence-electron chi connectivity index (χ2n) is 5.59. The van der Waals surface area contributed by atoms with Gasteiger partial charge in [0.15, 0.2) is 0 Å². The Hall–Kier alpha value is -1.31. The van der Waals surface area contributed by atoms with E-state index in [0.29, 0.717) is 18.6 Å². The van der Waals surface area contributed by atoms with Crippen LogP contribution in [0.3, 0.4) is 0 Å². The molecule has 2 aliphatic rings. The number of rotatable bonds is 6. The average Bonchev–Trinajstić information content (AvgIpc) is 2.87. The summed E-state index contributed by atoms with van der Waals surface area (Å²) in [4.78, 5) is 25.8. The number of hydrogen-bond donors (Lipinski definition) is 2. The molecule has 0 aromatic heterocycles. The number of thioether (sulfide) groups is 1. The van der Waals surface area contributed by atoms with Gasteiger partial charge in [-0.15, -0.1) is 11.8 Å². The first kappa shape index (κ1) is 16.5. The molecular weight excluding hydrogens is 382 g/mol. The first-order valence-electron chi connectivity index (χ1n) is 7.30. The first-order valence-corrected chi connectivity index (χ1v) is 9.08. The lowest BCUT2D eigenvalue weighted by Crippen LogP contribution is -2.58. The molecule has 5 nitrogen and oxygen atoms in total. The molecular formula is C16H16BrNO4S. The maximum absolute atomic E-state index is 12.1. The lowest BCUT2D eigenvalue weighted by atomic mass is 9.85. The van der Waals surface area contributed by atoms with Crippen LogP contribution in [-0.2, 0) is 15.3 Å². The molecule has 2 N–H and O–H groups in total. The molecule has 2 atom stereocenters. The summed E-state index contributed by atoms with van der Waals surface area (Å²) in [5.41, 5.74) is 1.22. The Morgan fingerprint density at radius 3 is 2.65 bits per heavy atom. The van der Waals surface area contributed by atoms with Crippen molar-refractivity contribution in [2.24, 2.45) is 5.92 Å². The first-order chi connectivity index (χ1) is 11.0. The summed E-state index contributed by atoms with van der Waals surface area (Å²) in [6.45, 7) is -0.0511. The third-order valence-electron chi connectivity index (χ3n) is 4.22. The van der Waals surface area contributed by atoms with Crippen LogP contribution >= 0.6 is 27.7 Å². The Bertz CT molecular complexity index is 673. The molecule has 1 aromatic carbocycles. The maximum atomic E-state index is 12.1. The van der Waals surface area contributed by atoms with Crippen molar-refractivity contribution in [3.8, 4) is 0 Å². The van der Waals surface area contributed by atoms with Gasteiger partial charge < -0.3 is 15.1 Å². The highest BCUT2D eigenvalue weighted by Crippen LogP contribution is 2.47. The fraction of sp³-hybridized carbons (Fsp3) is 0.375. The van der Waals surface area contributed by atoms with Crippen molar-refractivity contribution < 1.29 is 19.8 Å². The second kappa shape index (κ2) is 6.67. The quantitative estimate of drug-likeness (QED) is 0.721. The van der Waals surface area contributed by atoms with E-state index in [0.717, 1.165) is 14.9 Å². The molecule has 0 saturated carbocycles. The highest BCUT2D eigenvalue weighted by atomic mass is 79.9. The number of carbonyl (C=O) groups is 2. The third kappa shape index (κ3) is 3.05. The predicted octanol–water partition coefficient (Wildman–Crippen LogP) is 2.59. The Labute approximate surface area is 146 Å². The number of carbonyl (C=O) groups excluding carboxylic acids is 1. The number of nitrogens with zero attached hydrogens (tertiary/aromatic N) is 1. The van der Waals surface area contributed by atoms with E-state index in [1.54, 1.807) is 0 Å². The van der Waals surface area contributed by atoms with Gasteiger partial charge in [-0.3, -0.25) is 4.79 Å². The van der Waals surface area contributed by atoms with E-state index in [1.165, 1.54) is 16.7 Å². The van der Waals surface area contributed by atoms with Crippen molar-refractivity contribution in [1.29, 1.82) is 0 Å². The van der Waals surface area contributed by atoms with E-state index in [4.69, 9.17) is 5.11 Å². The second-order valence-corrected chi connectivity index (χ2v) is 7.58. The number of amides is 1. The molecule has 0 bridgehead atoms. The van der Waals surface area contributed by atoms with Gasteiger partial charge in [0.1, 0.15) is 5.70 Å². The maximum Gasteiger partial charge on any atom is 0.353 e. The molecule has 3 rings (SSSR count). The van der Waals surface area contributed by atoms with Crippen molar-refractivity contribution in [2.45, 2.75) is 24.6 Å². The molecule has 0 unspecified atom stereocenters. The fourth-order valence-electron chi connectivity index (χ4n) is 3.09. The number of aliphatic hydroxyl groups is 1. The van der Waals surface area contributed by atoms with Gasteiger partial charge in [0, 0.05) is 28.2 Å². The number of hydrogen-bond acceptors (Lipinski definition) is 4. The zero-order valence-electron chi connectivity index (χ0n) is 12.2. The predicted molar refractivity (Wildman–Crippen MR) is 90.5 cm³/mol. The molecule has 23 heavy (non-hydrogen) atoms. The minimum atomic E-state index is -1.05. The fourth-order valence-corrected chi connectivity index (χ4v) is 4.50. The number of fused-ring (bicyclic) bond motifs is 1. The standard InChI is InChI=1S/C16H16BrNO4S/c17-10-3-1-9(2-4-10)8-23-13-7-12-11(5-6-19)15(20)18(12)14(13)16(21)22/h1-4,11-12,19H,5-8H2,(H,21,22)/t11-,12+/m0/s1. The minimum absolute atomic E-state index is 0.0511. The molecule has 2 aliphatic heterocycles. The third-order valence-corrected chi connectivity index (χ3v) is 5.93. The van der Waals surface area contributed by atoms with Crippen molar-refractivity contribution in [2.75, 3.05) is 6.61 Å². The van der Waals surface area contributed by atoms with Crippen molar-refractivity contribution in [1.82, 2.24) is 4.90 Å². The number of carboxylic acids is 1. The van der Waals surface area contributed by atoms with Crippen molar-refractivity contribution in [3.63, 3.8) is 0 Å². The molecule has 1 amide bonds. The Kier molecular flexibility index (Phi) is 4.79. The monoisotopic (exact) mass is 397 g/mol. The van der Waals surface area contributed by atoms with E-state index in [1.807, 2.05) is 24.3 Å². The Morgan fingerprint density at radius 1 is 1.35 bits per heavy atom. The van der Waals surface area contributed by atoms with E-state index >= 15 is 0 Å². The lowest BCUT2D eigenvalue weighted by molar-refractivity contribution is -0.155. The van der Waals surface area contributed by atoms with Crippen molar-refractivity contribution >= 4 is 39.6 Å². The topological polar surface area (TPSA) is 77.8 Å². The summed E-state index contributed by atoms with van der Waals surface area (Å²) in [5, 5.41) is 18.5. The van der Waals surface area contributed by atoms with Crippen LogP contribution in [0.5, 0.6) is 0 Å². The summed E-state index contributed by atoms with van der Waals surface area (Å²) >= 11 is 4.86. The number of halogens is 1. The molecule has 1 saturated heterocycles. The summed E-state index contributed by atoms with van der Waals surface area (Å²) in [6.07, 6.45) is 0.969. The minimum Gasteiger partial charge on any atom is -0.477 e. The molecule has 122 valence electrons. The molecule has 7 heteroatoms. The van der Waals surface area contributed by atoms with Crippen LogP contribution in [0, 0.1) is 5.92 Å². The number of benzene rings is 1. The molecule has 1 fully saturated rings. The summed E-state index contributed by atoms with van der Waals surface area (Å²) < 4.78 is 0.999. The molecule has 0 spiro atoms. The average molecular weight is 398 g/mol. The van der Waals surface area contributed by atoms with E-state index in [-0.39, 0.29) is 30.2 Å². The Morgan fingerprint density at radius 2 is 2.04 bits per heavy atom. The van der Waals surface area contributed by atoms with Crippen LogP contribution < -0.4 is 0 Å². The molecule has 0 radical (unpaired) electrons. The summed E-state index contributed by atoms with van der Waals surface area (Å²) in [7, 11) is 0. The smallest absolute Gasteiger partial charge is 0.353 e. The van der Waals surface area contributed by atoms with Gasteiger partial charge in [0.05, 0.1) is 12.0 Å². The van der Waals surface area contributed by atoms with Crippen LogP contribution in [0.1, 0.15) is 18.4 Å². The van der Waals surface area contributed by atoms with Gasteiger partial charge in [-0.1, -0.05) is 28.1 Å². The van der Waals surface area contributed by atoms with E-state index < -0.39 is 5.97 Å². The normalized spacial score (nSPS) is 23.0. The zero-order chi connectivity index (χ0) is 16.6. The van der Waals surface area contributed by atoms with Crippen LogP contribution in [0.25, 0.3) is 0 Å². The summed E-state index contributed by atoms with van der Waals surface area (Å²) in [6, 6.07) is 7.77. The van der Waals surface area contributed by atoms with Crippen LogP contribution in [0.2, 0.25) is 0 Å². The molecule has 0 aliphatic carbocycles. The van der Waals surface area contributed by atoms with Gasteiger partial charge in [-0.05, 0) is 24.1 Å². The number of β-lactam (4-membered cyclic amide) rings is 1. The van der Waals surface area contributed by atoms with Gasteiger partial charge in [0.2, 0.25) is 5.91 Å². The Balaban J connectivity index is 1.74. The van der Waals surface area contributed by atoms with E-state index in [9.17, 15) is 14.7 Å². The highest BCUT2D eigenvalue weighted by molar-refractivity contribution is 9.10. The van der Waals surface area contributed by atoms with Crippen LogP contribution in [0.4, 0.5) is 0 Å². The molecule has 2 heterocycles. The van der Waals surface area contributed by atoms with Crippen LogP contribution in [0.15, 0.2) is 39.3 Å². The largest absolute Gasteiger partial charge is 0.477 e. The summed E-state index contributed by atoms with van der Waals surface area (Å²) in [5.74, 6) is -0.818.